The highest BCUT2D eigenvalue weighted by atomic mass is 32.2. The van der Waals surface area contributed by atoms with Crippen molar-refractivity contribution in [2.45, 2.75) is 23.9 Å². The lowest BCUT2D eigenvalue weighted by atomic mass is 10.5. The number of oxazole rings is 1. The number of carbonyl (C=O) groups excluding carboxylic acids is 1. The molecule has 0 aliphatic rings. The van der Waals surface area contributed by atoms with Crippen LogP contribution < -0.4 is 0 Å². The predicted octanol–water partition coefficient (Wildman–Crippen LogP) is 1.23. The van der Waals surface area contributed by atoms with Gasteiger partial charge in [0.15, 0.2) is 10.9 Å². The predicted molar refractivity (Wildman–Crippen MR) is 65.7 cm³/mol. The van der Waals surface area contributed by atoms with Crippen LogP contribution in [-0.2, 0) is 18.4 Å². The summed E-state index contributed by atoms with van der Waals surface area (Å²) in [5.74, 6) is -0.519. The zero-order valence-corrected chi connectivity index (χ0v) is 11.3. The molecule has 102 valence electrons. The number of carbonyl (C=O) groups is 1. The summed E-state index contributed by atoms with van der Waals surface area (Å²) in [4.78, 5) is 19.5. The molecule has 2 rings (SSSR count). The molecule has 7 nitrogen and oxygen atoms in total. The van der Waals surface area contributed by atoms with E-state index < -0.39 is 5.97 Å². The number of hydrogen-bond acceptors (Lipinski definition) is 7. The molecule has 0 unspecified atom stereocenters. The Morgan fingerprint density at radius 2 is 2.42 bits per heavy atom. The van der Waals surface area contributed by atoms with Crippen LogP contribution in [0.4, 0.5) is 0 Å². The van der Waals surface area contributed by atoms with Crippen molar-refractivity contribution < 1.29 is 19.1 Å². The molecule has 2 aromatic heterocycles. The first-order chi connectivity index (χ1) is 9.15. The largest absolute Gasteiger partial charge is 0.461 e. The molecule has 19 heavy (non-hydrogen) atoms. The van der Waals surface area contributed by atoms with Crippen molar-refractivity contribution in [2.75, 3.05) is 6.61 Å². The van der Waals surface area contributed by atoms with Gasteiger partial charge in [0, 0.05) is 18.8 Å². The fraction of sp³-hybridized carbons (Fsp3) is 0.364. The van der Waals surface area contributed by atoms with Crippen LogP contribution >= 0.6 is 11.8 Å². The van der Waals surface area contributed by atoms with Gasteiger partial charge in [0.05, 0.1) is 25.1 Å². The topological polar surface area (TPSA) is 90.4 Å². The molecule has 2 aromatic rings. The number of esters is 1. The lowest BCUT2D eigenvalue weighted by Crippen LogP contribution is -2.04. The highest BCUT2D eigenvalue weighted by Crippen LogP contribution is 2.26. The lowest BCUT2D eigenvalue weighted by molar-refractivity contribution is 0.0519. The fourth-order valence-electron chi connectivity index (χ4n) is 1.35. The highest BCUT2D eigenvalue weighted by Gasteiger charge is 2.16. The van der Waals surface area contributed by atoms with E-state index in [1.807, 2.05) is 0 Å². The van der Waals surface area contributed by atoms with Gasteiger partial charge in [-0.3, -0.25) is 0 Å². The molecule has 0 saturated heterocycles. The molecule has 0 fully saturated rings. The van der Waals surface area contributed by atoms with Gasteiger partial charge < -0.3 is 18.8 Å². The summed E-state index contributed by atoms with van der Waals surface area (Å²) < 4.78 is 11.7. The van der Waals surface area contributed by atoms with Gasteiger partial charge in [-0.05, 0) is 6.92 Å². The Balaban J connectivity index is 2.11. The van der Waals surface area contributed by atoms with Gasteiger partial charge in [-0.25, -0.2) is 9.78 Å². The molecule has 0 radical (unpaired) electrons. The molecule has 8 heteroatoms. The van der Waals surface area contributed by atoms with E-state index in [1.165, 1.54) is 6.26 Å². The maximum absolute atomic E-state index is 11.4. The smallest absolute Gasteiger partial charge is 0.360 e. The van der Waals surface area contributed by atoms with Crippen LogP contribution in [0.15, 0.2) is 27.3 Å². The SMILES string of the molecule is CCOC(=O)c1coc(Sc2ncc(CO)n2C)n1. The van der Waals surface area contributed by atoms with E-state index in [0.29, 0.717) is 16.1 Å². The molecule has 2 heterocycles. The number of hydrogen-bond donors (Lipinski definition) is 1. The van der Waals surface area contributed by atoms with E-state index >= 15 is 0 Å². The Labute approximate surface area is 113 Å². The van der Waals surface area contributed by atoms with E-state index in [2.05, 4.69) is 9.97 Å². The third-order valence-corrected chi connectivity index (χ3v) is 3.27. The first-order valence-electron chi connectivity index (χ1n) is 5.57. The number of aromatic nitrogens is 3. The van der Waals surface area contributed by atoms with Crippen LogP contribution in [0.5, 0.6) is 0 Å². The minimum atomic E-state index is -0.519. The van der Waals surface area contributed by atoms with Crippen molar-refractivity contribution in [3.05, 3.63) is 23.8 Å². The number of aliphatic hydroxyl groups excluding tert-OH is 1. The summed E-state index contributed by atoms with van der Waals surface area (Å²) in [6.45, 7) is 1.91. The molecule has 0 aliphatic carbocycles. The van der Waals surface area contributed by atoms with Crippen LogP contribution in [-0.4, -0.2) is 32.2 Å². The second-order valence-electron chi connectivity index (χ2n) is 3.57. The fourth-order valence-corrected chi connectivity index (χ4v) is 2.10. The number of aliphatic hydroxyl groups is 1. The van der Waals surface area contributed by atoms with Crippen molar-refractivity contribution in [1.82, 2.24) is 14.5 Å². The molecule has 0 spiro atoms. The quantitative estimate of drug-likeness (QED) is 0.825. The maximum atomic E-state index is 11.4. The standard InChI is InChI=1S/C11H13N3O4S/c1-3-17-9(16)8-6-18-11(13-8)19-10-12-4-7(5-15)14(10)2/h4,6,15H,3,5H2,1-2H3. The third kappa shape index (κ3) is 2.96. The average Bonchev–Trinajstić information content (AvgIpc) is 2.99. The van der Waals surface area contributed by atoms with Crippen LogP contribution in [0.2, 0.25) is 0 Å². The summed E-state index contributed by atoms with van der Waals surface area (Å²) in [7, 11) is 1.77. The summed E-state index contributed by atoms with van der Waals surface area (Å²) in [6, 6.07) is 0. The second kappa shape index (κ2) is 5.89. The minimum absolute atomic E-state index is 0.0935. The van der Waals surface area contributed by atoms with Crippen molar-refractivity contribution in [3.63, 3.8) is 0 Å². The van der Waals surface area contributed by atoms with E-state index in [4.69, 9.17) is 14.3 Å². The molecule has 0 amide bonds. The number of ether oxygens (including phenoxy) is 1. The normalized spacial score (nSPS) is 10.7. The van der Waals surface area contributed by atoms with Crippen LogP contribution in [0.1, 0.15) is 23.1 Å². The van der Waals surface area contributed by atoms with Gasteiger partial charge >= 0.3 is 5.97 Å². The van der Waals surface area contributed by atoms with Gasteiger partial charge in [0.1, 0.15) is 6.26 Å². The first-order valence-corrected chi connectivity index (χ1v) is 6.39. The van der Waals surface area contributed by atoms with Crippen molar-refractivity contribution in [2.24, 2.45) is 7.05 Å². The van der Waals surface area contributed by atoms with Crippen LogP contribution in [0, 0.1) is 0 Å². The number of imidazole rings is 1. The Hall–Kier alpha value is -1.80. The molecule has 0 aromatic carbocycles. The van der Waals surface area contributed by atoms with E-state index in [0.717, 1.165) is 11.8 Å². The Bertz CT molecular complexity index is 578. The van der Waals surface area contributed by atoms with E-state index in [1.54, 1.807) is 24.7 Å². The Morgan fingerprint density at radius 1 is 1.63 bits per heavy atom. The molecule has 0 saturated carbocycles. The number of rotatable bonds is 5. The molecule has 1 N–H and O–H groups in total. The molecule has 0 aliphatic heterocycles. The van der Waals surface area contributed by atoms with Gasteiger partial charge in [0.25, 0.3) is 5.22 Å². The highest BCUT2D eigenvalue weighted by molar-refractivity contribution is 7.99. The van der Waals surface area contributed by atoms with Crippen molar-refractivity contribution in [3.8, 4) is 0 Å². The zero-order valence-electron chi connectivity index (χ0n) is 10.5. The molecular weight excluding hydrogens is 270 g/mol. The average molecular weight is 283 g/mol. The minimum Gasteiger partial charge on any atom is -0.461 e. The summed E-state index contributed by atoms with van der Waals surface area (Å²) in [6.07, 6.45) is 2.81. The Morgan fingerprint density at radius 3 is 3.05 bits per heavy atom. The van der Waals surface area contributed by atoms with Crippen LogP contribution in [0.3, 0.4) is 0 Å². The second-order valence-corrected chi connectivity index (χ2v) is 4.49. The monoisotopic (exact) mass is 283 g/mol. The molecule has 0 atom stereocenters. The lowest BCUT2D eigenvalue weighted by Gasteiger charge is -2.00. The van der Waals surface area contributed by atoms with Crippen LogP contribution in [0.25, 0.3) is 0 Å². The van der Waals surface area contributed by atoms with E-state index in [9.17, 15) is 4.79 Å². The van der Waals surface area contributed by atoms with Gasteiger partial charge in [0.2, 0.25) is 0 Å². The summed E-state index contributed by atoms with van der Waals surface area (Å²) >= 11 is 1.16. The van der Waals surface area contributed by atoms with Gasteiger partial charge in [-0.15, -0.1) is 0 Å². The first kappa shape index (κ1) is 13.6. The van der Waals surface area contributed by atoms with E-state index in [-0.39, 0.29) is 18.9 Å². The summed E-state index contributed by atoms with van der Waals surface area (Å²) in [5, 5.41) is 9.97. The van der Waals surface area contributed by atoms with Crippen molar-refractivity contribution >= 4 is 17.7 Å². The Kier molecular flexibility index (Phi) is 4.23. The van der Waals surface area contributed by atoms with Gasteiger partial charge in [-0.1, -0.05) is 0 Å². The van der Waals surface area contributed by atoms with Crippen molar-refractivity contribution in [1.29, 1.82) is 0 Å². The summed E-state index contributed by atoms with van der Waals surface area (Å²) in [5.41, 5.74) is 0.806. The molecular formula is C11H13N3O4S. The third-order valence-electron chi connectivity index (χ3n) is 2.35. The number of nitrogens with zero attached hydrogens (tertiary/aromatic N) is 3. The maximum Gasteiger partial charge on any atom is 0.360 e. The molecule has 0 bridgehead atoms. The zero-order chi connectivity index (χ0) is 13.8. The van der Waals surface area contributed by atoms with Gasteiger partial charge in [-0.2, -0.15) is 4.98 Å².